The lowest BCUT2D eigenvalue weighted by Gasteiger charge is -2.19. The number of hydrogen-bond acceptors (Lipinski definition) is 4. The minimum absolute atomic E-state index is 0.118. The molecule has 0 aliphatic heterocycles. The van der Waals surface area contributed by atoms with Crippen molar-refractivity contribution in [3.05, 3.63) is 34.2 Å². The van der Waals surface area contributed by atoms with Gasteiger partial charge in [0, 0.05) is 19.3 Å². The van der Waals surface area contributed by atoms with E-state index < -0.39 is 11.7 Å². The van der Waals surface area contributed by atoms with E-state index in [0.717, 1.165) is 0 Å². The first-order valence-corrected chi connectivity index (χ1v) is 6.40. The van der Waals surface area contributed by atoms with E-state index in [9.17, 15) is 9.59 Å². The van der Waals surface area contributed by atoms with Gasteiger partial charge in [-0.05, 0) is 39.3 Å². The molecule has 1 aromatic heterocycles. The number of carbonyl (C=O) groups is 1. The van der Waals surface area contributed by atoms with Gasteiger partial charge in [0.2, 0.25) is 0 Å². The highest BCUT2D eigenvalue weighted by Gasteiger charge is 2.15. The molecule has 0 bridgehead atoms. The van der Waals surface area contributed by atoms with Crippen molar-refractivity contribution < 1.29 is 9.53 Å². The fourth-order valence-electron chi connectivity index (χ4n) is 1.55. The van der Waals surface area contributed by atoms with Crippen LogP contribution in [-0.4, -0.2) is 22.8 Å². The van der Waals surface area contributed by atoms with E-state index in [1.165, 1.54) is 10.6 Å². The number of nitrogens with one attached hydrogen (secondary N) is 1. The van der Waals surface area contributed by atoms with Gasteiger partial charge in [-0.15, -0.1) is 0 Å². The molecule has 0 unspecified atom stereocenters. The molecule has 108 valence electrons. The number of ether oxygens (including phenoxy) is 1. The van der Waals surface area contributed by atoms with Crippen molar-refractivity contribution in [2.45, 2.75) is 39.3 Å². The fraction of sp³-hybridized carbons (Fsp3) is 0.500. The minimum Gasteiger partial charge on any atom is -0.444 e. The third-order valence-corrected chi connectivity index (χ3v) is 2.38. The molecule has 20 heavy (non-hydrogen) atoms. The van der Waals surface area contributed by atoms with Crippen LogP contribution in [0.2, 0.25) is 0 Å². The summed E-state index contributed by atoms with van der Waals surface area (Å²) in [5.41, 5.74) is -0.720. The number of carbonyl (C=O) groups excluding carboxylic acids is 1. The average molecular weight is 277 g/mol. The van der Waals surface area contributed by atoms with Crippen molar-refractivity contribution in [1.29, 1.82) is 5.26 Å². The summed E-state index contributed by atoms with van der Waals surface area (Å²) in [7, 11) is 0. The third-order valence-electron chi connectivity index (χ3n) is 2.38. The Morgan fingerprint density at radius 3 is 2.80 bits per heavy atom. The first kappa shape index (κ1) is 15.8. The van der Waals surface area contributed by atoms with Gasteiger partial charge in [-0.2, -0.15) is 5.26 Å². The highest BCUT2D eigenvalue weighted by molar-refractivity contribution is 5.67. The molecule has 0 aliphatic rings. The summed E-state index contributed by atoms with van der Waals surface area (Å²) < 4.78 is 6.54. The van der Waals surface area contributed by atoms with E-state index >= 15 is 0 Å². The largest absolute Gasteiger partial charge is 0.444 e. The topological polar surface area (TPSA) is 84.1 Å². The van der Waals surface area contributed by atoms with Gasteiger partial charge < -0.3 is 14.6 Å². The van der Waals surface area contributed by atoms with Crippen LogP contribution in [0.3, 0.4) is 0 Å². The van der Waals surface area contributed by atoms with Crippen molar-refractivity contribution in [1.82, 2.24) is 9.88 Å². The number of rotatable bonds is 4. The summed E-state index contributed by atoms with van der Waals surface area (Å²) in [6.45, 7) is 6.21. The Balaban J connectivity index is 2.41. The summed E-state index contributed by atoms with van der Waals surface area (Å²) >= 11 is 0. The Bertz CT molecular complexity index is 564. The highest BCUT2D eigenvalue weighted by atomic mass is 16.6. The van der Waals surface area contributed by atoms with Crippen LogP contribution in [0.25, 0.3) is 0 Å². The van der Waals surface area contributed by atoms with Crippen LogP contribution in [0.5, 0.6) is 0 Å². The van der Waals surface area contributed by atoms with E-state index in [2.05, 4.69) is 5.32 Å². The van der Waals surface area contributed by atoms with Crippen molar-refractivity contribution in [3.8, 4) is 6.07 Å². The number of pyridine rings is 1. The minimum atomic E-state index is -0.526. The van der Waals surface area contributed by atoms with Gasteiger partial charge in [0.25, 0.3) is 5.56 Å². The molecule has 0 spiro atoms. The normalized spacial score (nSPS) is 10.7. The molecule has 0 aromatic carbocycles. The van der Waals surface area contributed by atoms with Crippen molar-refractivity contribution in [2.24, 2.45) is 0 Å². The van der Waals surface area contributed by atoms with Crippen molar-refractivity contribution >= 4 is 6.09 Å². The molecular weight excluding hydrogens is 258 g/mol. The smallest absolute Gasteiger partial charge is 0.407 e. The highest BCUT2D eigenvalue weighted by Crippen LogP contribution is 2.06. The molecular formula is C14H19N3O3. The van der Waals surface area contributed by atoms with Gasteiger partial charge in [-0.3, -0.25) is 4.79 Å². The number of alkyl carbamates (subject to hydrolysis) is 1. The van der Waals surface area contributed by atoms with Crippen LogP contribution in [0.1, 0.15) is 32.8 Å². The Morgan fingerprint density at radius 1 is 1.50 bits per heavy atom. The number of hydrogen-bond donors (Lipinski definition) is 1. The van der Waals surface area contributed by atoms with Crippen molar-refractivity contribution in [2.75, 3.05) is 6.54 Å². The second-order valence-electron chi connectivity index (χ2n) is 5.31. The van der Waals surface area contributed by atoms with E-state index in [1.807, 2.05) is 6.07 Å². The zero-order chi connectivity index (χ0) is 15.2. The molecule has 0 saturated carbocycles. The second kappa shape index (κ2) is 6.75. The molecule has 0 saturated heterocycles. The van der Waals surface area contributed by atoms with Gasteiger partial charge in [-0.25, -0.2) is 4.79 Å². The zero-order valence-corrected chi connectivity index (χ0v) is 12.0. The number of aryl methyl sites for hydroxylation is 1. The van der Waals surface area contributed by atoms with Gasteiger partial charge in [0.15, 0.2) is 0 Å². The second-order valence-corrected chi connectivity index (χ2v) is 5.31. The maximum absolute atomic E-state index is 11.7. The van der Waals surface area contributed by atoms with E-state index in [4.69, 9.17) is 10.00 Å². The lowest BCUT2D eigenvalue weighted by molar-refractivity contribution is 0.0526. The molecule has 0 aliphatic carbocycles. The molecule has 0 radical (unpaired) electrons. The summed E-state index contributed by atoms with van der Waals surface area (Å²) in [5.74, 6) is 0. The summed E-state index contributed by atoms with van der Waals surface area (Å²) in [4.78, 5) is 23.1. The number of aromatic nitrogens is 1. The average Bonchev–Trinajstić information content (AvgIpc) is 2.34. The first-order valence-electron chi connectivity index (χ1n) is 6.40. The Hall–Kier alpha value is -2.29. The molecule has 6 nitrogen and oxygen atoms in total. The van der Waals surface area contributed by atoms with Gasteiger partial charge >= 0.3 is 6.09 Å². The Kier molecular flexibility index (Phi) is 5.32. The number of nitriles is 1. The van der Waals surface area contributed by atoms with Crippen molar-refractivity contribution in [3.63, 3.8) is 0 Å². The van der Waals surface area contributed by atoms with Crippen LogP contribution >= 0.6 is 0 Å². The lowest BCUT2D eigenvalue weighted by atomic mass is 10.2. The molecule has 1 heterocycles. The lowest BCUT2D eigenvalue weighted by Crippen LogP contribution is -2.33. The molecule has 1 amide bonds. The quantitative estimate of drug-likeness (QED) is 0.848. The molecule has 1 aromatic rings. The molecule has 0 atom stereocenters. The molecule has 1 N–H and O–H groups in total. The SMILES string of the molecule is CC(C)(C)OC(=O)NCCCn1cccc(C#N)c1=O. The third kappa shape index (κ3) is 5.14. The van der Waals surface area contributed by atoms with Gasteiger partial charge in [0.05, 0.1) is 0 Å². The van der Waals surface area contributed by atoms with E-state index in [0.29, 0.717) is 19.5 Å². The zero-order valence-electron chi connectivity index (χ0n) is 12.0. The predicted octanol–water partition coefficient (Wildman–Crippen LogP) is 1.63. The first-order chi connectivity index (χ1) is 9.33. The van der Waals surface area contributed by atoms with Crippen LogP contribution < -0.4 is 10.9 Å². The molecule has 0 fully saturated rings. The van der Waals surface area contributed by atoms with Crippen LogP contribution in [0.4, 0.5) is 4.79 Å². The van der Waals surface area contributed by atoms with Gasteiger partial charge in [-0.1, -0.05) is 0 Å². The summed E-state index contributed by atoms with van der Waals surface area (Å²) in [6, 6.07) is 4.98. The number of nitrogens with zero attached hydrogens (tertiary/aromatic N) is 2. The standard InChI is InChI=1S/C14H19N3O3/c1-14(2,3)20-13(19)16-7-5-9-17-8-4-6-11(10-15)12(17)18/h4,6,8H,5,7,9H2,1-3H3,(H,16,19). The van der Waals surface area contributed by atoms with Crippen LogP contribution in [-0.2, 0) is 11.3 Å². The van der Waals surface area contributed by atoms with Crippen LogP contribution in [0, 0.1) is 11.3 Å². The van der Waals surface area contributed by atoms with E-state index in [-0.39, 0.29) is 11.1 Å². The predicted molar refractivity (Wildman–Crippen MR) is 74.3 cm³/mol. The fourth-order valence-corrected chi connectivity index (χ4v) is 1.55. The maximum atomic E-state index is 11.7. The molecule has 1 rings (SSSR count). The maximum Gasteiger partial charge on any atom is 0.407 e. The van der Waals surface area contributed by atoms with Crippen LogP contribution in [0.15, 0.2) is 23.1 Å². The summed E-state index contributed by atoms with van der Waals surface area (Å²) in [5, 5.41) is 11.4. The summed E-state index contributed by atoms with van der Waals surface area (Å²) in [6.07, 6.45) is 1.72. The Labute approximate surface area is 118 Å². The Morgan fingerprint density at radius 2 is 2.20 bits per heavy atom. The van der Waals surface area contributed by atoms with Gasteiger partial charge in [0.1, 0.15) is 17.2 Å². The monoisotopic (exact) mass is 277 g/mol. The number of amides is 1. The molecule has 6 heteroatoms. The van der Waals surface area contributed by atoms with E-state index in [1.54, 1.807) is 33.0 Å².